The Bertz CT molecular complexity index is 1840. The number of aliphatic hydroxyl groups excluding tert-OH is 1. The molecule has 0 radical (unpaired) electrons. The Morgan fingerprint density at radius 2 is 1.42 bits per heavy atom. The van der Waals surface area contributed by atoms with Crippen molar-refractivity contribution in [2.45, 2.75) is 89.0 Å². The van der Waals surface area contributed by atoms with Gasteiger partial charge in [-0.1, -0.05) is 121 Å². The standard InChI is InChI=1S/C22H23F3O4S.C12H14O.C9H10O/c1-16(29-30(26,27)22(23,24)25)19-13-15-20(18-10-6-3-7-11-18)28-21(19)14-12-17-8-4-2-5-9-17;1-2-3-5-10-12(13)11-8-6-4-7-9-11;10-8-4-7-9-5-2-1-3-6-9/h2-11,20-21H,12-15H2,1H3;4,6-9,12-13H,5,10H2,1H3;1-3,5-6,8H,4,7H2/b19-16+;;/t20-,21-;;/m0../s1. The largest absolute Gasteiger partial charge is 0.534 e. The maximum atomic E-state index is 12.7. The van der Waals surface area contributed by atoms with Crippen molar-refractivity contribution < 1.29 is 40.4 Å². The molecule has 53 heavy (non-hydrogen) atoms. The highest BCUT2D eigenvalue weighted by atomic mass is 32.2. The molecule has 1 unspecified atom stereocenters. The third-order valence-electron chi connectivity index (χ3n) is 8.37. The number of aliphatic hydroxyl groups is 1. The van der Waals surface area contributed by atoms with Crippen LogP contribution in [0.25, 0.3) is 0 Å². The molecule has 1 aliphatic heterocycles. The Hall–Kier alpha value is -4.69. The van der Waals surface area contributed by atoms with Crippen LogP contribution in [-0.2, 0) is 36.7 Å². The van der Waals surface area contributed by atoms with Crippen molar-refractivity contribution in [1.29, 1.82) is 0 Å². The quantitative estimate of drug-likeness (QED) is 0.0510. The van der Waals surface area contributed by atoms with Crippen molar-refractivity contribution >= 4 is 16.4 Å². The van der Waals surface area contributed by atoms with Crippen LogP contribution >= 0.6 is 0 Å². The van der Waals surface area contributed by atoms with Gasteiger partial charge >= 0.3 is 15.6 Å². The zero-order valence-electron chi connectivity index (χ0n) is 30.0. The second kappa shape index (κ2) is 22.4. The lowest BCUT2D eigenvalue weighted by Crippen LogP contribution is -2.29. The highest BCUT2D eigenvalue weighted by molar-refractivity contribution is 7.87. The zero-order chi connectivity index (χ0) is 38.5. The van der Waals surface area contributed by atoms with Crippen LogP contribution in [0.5, 0.6) is 0 Å². The van der Waals surface area contributed by atoms with Gasteiger partial charge in [-0.15, -0.1) is 11.8 Å². The van der Waals surface area contributed by atoms with Gasteiger partial charge in [0.2, 0.25) is 0 Å². The highest BCUT2D eigenvalue weighted by Crippen LogP contribution is 2.38. The van der Waals surface area contributed by atoms with Crippen molar-refractivity contribution in [1.82, 2.24) is 0 Å². The van der Waals surface area contributed by atoms with Crippen molar-refractivity contribution in [3.63, 3.8) is 0 Å². The van der Waals surface area contributed by atoms with Crippen molar-refractivity contribution in [2.75, 3.05) is 0 Å². The first-order chi connectivity index (χ1) is 25.4. The predicted molar refractivity (Wildman–Crippen MR) is 202 cm³/mol. The van der Waals surface area contributed by atoms with E-state index in [1.54, 1.807) is 0 Å². The number of allylic oxidation sites excluding steroid dienone is 1. The minimum absolute atomic E-state index is 0.220. The van der Waals surface area contributed by atoms with E-state index >= 15 is 0 Å². The molecule has 10 heteroatoms. The molecule has 0 aliphatic carbocycles. The maximum Gasteiger partial charge on any atom is 0.534 e. The normalized spacial score (nSPS) is 16.9. The summed E-state index contributed by atoms with van der Waals surface area (Å²) < 4.78 is 71.8. The summed E-state index contributed by atoms with van der Waals surface area (Å²) in [6.07, 6.45) is 4.81. The lowest BCUT2D eigenvalue weighted by atomic mass is 9.90. The summed E-state index contributed by atoms with van der Waals surface area (Å²) in [5.41, 5.74) is -0.788. The van der Waals surface area contributed by atoms with E-state index < -0.39 is 21.7 Å². The molecule has 1 N–H and O–H groups in total. The van der Waals surface area contributed by atoms with E-state index in [2.05, 4.69) is 16.0 Å². The van der Waals surface area contributed by atoms with E-state index in [1.165, 1.54) is 12.5 Å². The van der Waals surface area contributed by atoms with Gasteiger partial charge in [0.05, 0.1) is 18.3 Å². The number of alkyl halides is 3. The monoisotopic (exact) mass is 748 g/mol. The van der Waals surface area contributed by atoms with Crippen molar-refractivity contribution in [3.05, 3.63) is 155 Å². The number of halogens is 3. The molecule has 1 aliphatic rings. The summed E-state index contributed by atoms with van der Waals surface area (Å²) in [6, 6.07) is 38.9. The Labute approximate surface area is 311 Å². The van der Waals surface area contributed by atoms with Crippen molar-refractivity contribution in [3.8, 4) is 11.8 Å². The smallest absolute Gasteiger partial charge is 0.388 e. The number of aldehydes is 1. The van der Waals surface area contributed by atoms with Crippen LogP contribution in [-0.4, -0.2) is 31.4 Å². The first-order valence-electron chi connectivity index (χ1n) is 17.5. The fraction of sp³-hybridized carbons (Fsp3) is 0.326. The Kier molecular flexibility index (Phi) is 18.1. The highest BCUT2D eigenvalue weighted by Gasteiger charge is 2.49. The zero-order valence-corrected chi connectivity index (χ0v) is 30.9. The summed E-state index contributed by atoms with van der Waals surface area (Å²) in [4.78, 5) is 9.98. The molecule has 6 nitrogen and oxygen atoms in total. The molecule has 0 amide bonds. The minimum Gasteiger partial charge on any atom is -0.388 e. The van der Waals surface area contributed by atoms with E-state index in [0.717, 1.165) is 35.8 Å². The first-order valence-corrected chi connectivity index (χ1v) is 18.9. The molecule has 1 fully saturated rings. The molecule has 4 aromatic carbocycles. The van der Waals surface area contributed by atoms with E-state index in [4.69, 9.17) is 4.74 Å². The van der Waals surface area contributed by atoms with Gasteiger partial charge < -0.3 is 18.8 Å². The van der Waals surface area contributed by atoms with Crippen LogP contribution in [0.4, 0.5) is 13.2 Å². The number of ether oxygens (including phenoxy) is 1. The summed E-state index contributed by atoms with van der Waals surface area (Å²) in [7, 11) is -5.72. The van der Waals surface area contributed by atoms with Gasteiger partial charge in [0.15, 0.2) is 0 Å². The molecule has 1 saturated heterocycles. The Balaban J connectivity index is 0.000000268. The average molecular weight is 749 g/mol. The summed E-state index contributed by atoms with van der Waals surface area (Å²) in [6.45, 7) is 3.06. The van der Waals surface area contributed by atoms with Crippen LogP contribution in [0.2, 0.25) is 0 Å². The van der Waals surface area contributed by atoms with Gasteiger partial charge in [-0.2, -0.15) is 21.6 Å². The van der Waals surface area contributed by atoms with Crippen LogP contribution in [0.1, 0.15) is 86.8 Å². The summed E-state index contributed by atoms with van der Waals surface area (Å²) >= 11 is 0. The van der Waals surface area contributed by atoms with Crippen LogP contribution < -0.4 is 0 Å². The van der Waals surface area contributed by atoms with Crippen LogP contribution in [0.15, 0.2) is 133 Å². The summed E-state index contributed by atoms with van der Waals surface area (Å²) in [5.74, 6) is 5.49. The maximum absolute atomic E-state index is 12.7. The third-order valence-corrected chi connectivity index (χ3v) is 9.41. The van der Waals surface area contributed by atoms with Gasteiger partial charge in [0, 0.05) is 12.8 Å². The second-order valence-corrected chi connectivity index (χ2v) is 13.8. The third kappa shape index (κ3) is 15.1. The van der Waals surface area contributed by atoms with Crippen LogP contribution in [0.3, 0.4) is 0 Å². The first kappa shape index (κ1) is 42.7. The van der Waals surface area contributed by atoms with Gasteiger partial charge in [-0.05, 0) is 80.2 Å². The lowest BCUT2D eigenvalue weighted by molar-refractivity contribution is -0.107. The van der Waals surface area contributed by atoms with Gasteiger partial charge in [-0.25, -0.2) is 0 Å². The number of aryl methyl sites for hydroxylation is 2. The fourth-order valence-electron chi connectivity index (χ4n) is 5.61. The molecule has 3 atom stereocenters. The molecule has 282 valence electrons. The number of rotatable bonds is 12. The minimum atomic E-state index is -5.72. The number of benzene rings is 4. The van der Waals surface area contributed by atoms with Gasteiger partial charge in [0.1, 0.15) is 12.0 Å². The molecule has 5 rings (SSSR count). The fourth-order valence-corrected chi connectivity index (χ4v) is 6.14. The molecule has 0 bridgehead atoms. The Morgan fingerprint density at radius 3 is 1.94 bits per heavy atom. The molecular formula is C43H47F3O6S. The van der Waals surface area contributed by atoms with Crippen molar-refractivity contribution in [2.24, 2.45) is 0 Å². The molecule has 1 heterocycles. The molecule has 0 aromatic heterocycles. The second-order valence-electron chi connectivity index (χ2n) is 12.2. The van der Waals surface area contributed by atoms with E-state index in [-0.39, 0.29) is 18.0 Å². The number of hydrogen-bond donors (Lipinski definition) is 1. The number of carbonyl (C=O) groups excluding carboxylic acids is 1. The predicted octanol–water partition coefficient (Wildman–Crippen LogP) is 10.0. The van der Waals surface area contributed by atoms with Crippen LogP contribution in [0, 0.1) is 11.8 Å². The van der Waals surface area contributed by atoms with E-state index in [0.29, 0.717) is 44.1 Å². The average Bonchev–Trinajstić information content (AvgIpc) is 3.17. The molecular weight excluding hydrogens is 702 g/mol. The topological polar surface area (TPSA) is 89.9 Å². The molecule has 4 aromatic rings. The SMILES string of the molecule is C/C(OS(=O)(=O)C(F)(F)F)=C1/CC[C@@H](c2ccccc2)O[C@H]1CCc1ccccc1.CC#CCCC(O)c1ccccc1.O=CCCc1ccccc1. The molecule has 0 spiro atoms. The van der Waals surface area contributed by atoms with E-state index in [9.17, 15) is 31.5 Å². The summed E-state index contributed by atoms with van der Waals surface area (Å²) in [5, 5.41) is 9.68. The lowest BCUT2D eigenvalue weighted by Gasteiger charge is -2.33. The molecule has 0 saturated carbocycles. The van der Waals surface area contributed by atoms with Gasteiger partial charge in [0.25, 0.3) is 0 Å². The number of carbonyl (C=O) groups is 1. The Morgan fingerprint density at radius 1 is 0.887 bits per heavy atom. The number of hydrogen-bond acceptors (Lipinski definition) is 6. The van der Waals surface area contributed by atoms with Gasteiger partial charge in [-0.3, -0.25) is 0 Å². The van der Waals surface area contributed by atoms with E-state index in [1.807, 2.05) is 128 Å².